The van der Waals surface area contributed by atoms with Gasteiger partial charge in [0.1, 0.15) is 5.82 Å². The van der Waals surface area contributed by atoms with Crippen molar-refractivity contribution in [2.24, 2.45) is 5.10 Å². The van der Waals surface area contributed by atoms with Crippen LogP contribution >= 0.6 is 0 Å². The van der Waals surface area contributed by atoms with Gasteiger partial charge < -0.3 is 9.47 Å². The predicted octanol–water partition coefficient (Wildman–Crippen LogP) is 2.74. The Kier molecular flexibility index (Phi) is 6.41. The van der Waals surface area contributed by atoms with Gasteiger partial charge in [-0.2, -0.15) is 5.10 Å². The first-order chi connectivity index (χ1) is 14.1. The van der Waals surface area contributed by atoms with Crippen molar-refractivity contribution < 1.29 is 23.5 Å². The van der Waals surface area contributed by atoms with Crippen molar-refractivity contribution in [1.82, 2.24) is 15.1 Å². The van der Waals surface area contributed by atoms with Crippen LogP contribution in [-0.4, -0.2) is 46.3 Å². The molecule has 0 bridgehead atoms. The molecule has 9 heteroatoms. The Morgan fingerprint density at radius 1 is 1.17 bits per heavy atom. The summed E-state index contributed by atoms with van der Waals surface area (Å²) in [6, 6.07) is 14.3. The lowest BCUT2D eigenvalue weighted by Gasteiger charge is -2.06. The van der Waals surface area contributed by atoms with Crippen LogP contribution in [0.2, 0.25) is 0 Å². The number of ketones is 1. The van der Waals surface area contributed by atoms with Crippen molar-refractivity contribution in [2.75, 3.05) is 13.2 Å². The molecule has 0 N–H and O–H groups in total. The number of ether oxygens (including phenoxy) is 2. The van der Waals surface area contributed by atoms with Gasteiger partial charge in [-0.3, -0.25) is 4.79 Å². The fraction of sp³-hybridized carbons (Fsp3) is 0.150. The normalized spacial score (nSPS) is 10.8. The van der Waals surface area contributed by atoms with E-state index in [1.54, 1.807) is 43.3 Å². The molecule has 3 rings (SSSR count). The Morgan fingerprint density at radius 3 is 2.69 bits per heavy atom. The highest BCUT2D eigenvalue weighted by molar-refractivity contribution is 5.97. The number of carbonyl (C=O) groups is 2. The fourth-order valence-corrected chi connectivity index (χ4v) is 2.34. The van der Waals surface area contributed by atoms with E-state index in [2.05, 4.69) is 15.4 Å². The number of aromatic nitrogens is 3. The van der Waals surface area contributed by atoms with Crippen molar-refractivity contribution in [3.05, 3.63) is 77.2 Å². The van der Waals surface area contributed by atoms with E-state index in [0.717, 1.165) is 4.79 Å². The lowest BCUT2D eigenvalue weighted by atomic mass is 10.1. The van der Waals surface area contributed by atoms with Crippen LogP contribution in [0.5, 0.6) is 5.88 Å². The summed E-state index contributed by atoms with van der Waals surface area (Å²) in [4.78, 5) is 25.4. The minimum Gasteiger partial charge on any atom is -0.466 e. The number of carbonyl (C=O) groups excluding carboxylic acids is 2. The molecule has 148 valence electrons. The molecule has 3 aromatic rings. The van der Waals surface area contributed by atoms with Crippen molar-refractivity contribution in [3.8, 4) is 5.88 Å². The van der Waals surface area contributed by atoms with E-state index in [1.165, 1.54) is 24.4 Å². The number of rotatable bonds is 8. The summed E-state index contributed by atoms with van der Waals surface area (Å²) < 4.78 is 23.8. The maximum absolute atomic E-state index is 13.3. The van der Waals surface area contributed by atoms with Gasteiger partial charge in [-0.05, 0) is 29.8 Å². The Hall–Kier alpha value is -3.88. The Bertz CT molecular complexity index is 1030. The largest absolute Gasteiger partial charge is 0.466 e. The summed E-state index contributed by atoms with van der Waals surface area (Å²) in [7, 11) is 0. The smallest absolute Gasteiger partial charge is 0.364 e. The molecule has 0 amide bonds. The zero-order chi connectivity index (χ0) is 20.6. The van der Waals surface area contributed by atoms with Crippen LogP contribution in [-0.2, 0) is 4.74 Å². The molecule has 0 aliphatic rings. The molecule has 0 spiro atoms. The van der Waals surface area contributed by atoms with Crippen LogP contribution in [0.1, 0.15) is 33.3 Å². The van der Waals surface area contributed by atoms with Crippen LogP contribution in [0.25, 0.3) is 0 Å². The third kappa shape index (κ3) is 5.10. The zero-order valence-electron chi connectivity index (χ0n) is 15.5. The van der Waals surface area contributed by atoms with Crippen molar-refractivity contribution >= 4 is 18.0 Å². The minimum atomic E-state index is -0.762. The SMILES string of the molecule is CCOC(=O)c1nnn(/N=C\c2cccc(F)c2)c1OCC(=O)c1ccccc1. The predicted molar refractivity (Wildman–Crippen MR) is 102 cm³/mol. The number of hydrogen-bond donors (Lipinski definition) is 0. The molecule has 0 aliphatic heterocycles. The first-order valence-corrected chi connectivity index (χ1v) is 8.72. The van der Waals surface area contributed by atoms with Gasteiger partial charge in [-0.25, -0.2) is 9.18 Å². The van der Waals surface area contributed by atoms with Gasteiger partial charge in [0.2, 0.25) is 5.69 Å². The van der Waals surface area contributed by atoms with Gasteiger partial charge >= 0.3 is 5.97 Å². The zero-order valence-corrected chi connectivity index (χ0v) is 15.5. The molecular weight excluding hydrogens is 379 g/mol. The molecule has 8 nitrogen and oxygen atoms in total. The first-order valence-electron chi connectivity index (χ1n) is 8.72. The fourth-order valence-electron chi connectivity index (χ4n) is 2.34. The molecule has 0 aliphatic carbocycles. The molecule has 29 heavy (non-hydrogen) atoms. The summed E-state index contributed by atoms with van der Waals surface area (Å²) in [5.41, 5.74) is 0.695. The highest BCUT2D eigenvalue weighted by Crippen LogP contribution is 2.17. The van der Waals surface area contributed by atoms with Crippen LogP contribution in [0.4, 0.5) is 4.39 Å². The van der Waals surface area contributed by atoms with Crippen molar-refractivity contribution in [1.29, 1.82) is 0 Å². The quantitative estimate of drug-likeness (QED) is 0.330. The average Bonchev–Trinajstić information content (AvgIpc) is 3.14. The second-order valence-electron chi connectivity index (χ2n) is 5.73. The highest BCUT2D eigenvalue weighted by atomic mass is 19.1. The maximum Gasteiger partial charge on any atom is 0.364 e. The third-order valence-corrected chi connectivity index (χ3v) is 3.68. The van der Waals surface area contributed by atoms with Gasteiger partial charge in [0.25, 0.3) is 5.88 Å². The van der Waals surface area contributed by atoms with E-state index in [0.29, 0.717) is 11.1 Å². The number of halogens is 1. The van der Waals surface area contributed by atoms with E-state index < -0.39 is 11.8 Å². The molecular formula is C20H17FN4O4. The highest BCUT2D eigenvalue weighted by Gasteiger charge is 2.23. The van der Waals surface area contributed by atoms with E-state index in [-0.39, 0.29) is 30.6 Å². The van der Waals surface area contributed by atoms with Gasteiger partial charge in [0, 0.05) is 5.56 Å². The minimum absolute atomic E-state index is 0.126. The van der Waals surface area contributed by atoms with E-state index in [1.807, 2.05) is 0 Å². The molecule has 0 saturated heterocycles. The third-order valence-electron chi connectivity index (χ3n) is 3.68. The number of hydrogen-bond acceptors (Lipinski definition) is 7. The van der Waals surface area contributed by atoms with Crippen molar-refractivity contribution in [2.45, 2.75) is 6.92 Å². The number of esters is 1. The second kappa shape index (κ2) is 9.36. The summed E-state index contributed by atoms with van der Waals surface area (Å²) >= 11 is 0. The summed E-state index contributed by atoms with van der Waals surface area (Å²) in [5, 5.41) is 11.5. The standard InChI is InChI=1S/C20H17FN4O4/c1-2-28-20(27)18-19(29-13-17(26)15-8-4-3-5-9-15)25(24-23-18)22-12-14-7-6-10-16(21)11-14/h3-12H,2,13H2,1H3/b22-12-. The monoisotopic (exact) mass is 396 g/mol. The van der Waals surface area contributed by atoms with Gasteiger partial charge in [0.15, 0.2) is 12.4 Å². The van der Waals surface area contributed by atoms with E-state index in [9.17, 15) is 14.0 Å². The van der Waals surface area contributed by atoms with Crippen LogP contribution < -0.4 is 4.74 Å². The summed E-state index contributed by atoms with van der Waals surface area (Å²) in [6.07, 6.45) is 1.32. The maximum atomic E-state index is 13.3. The molecule has 0 fully saturated rings. The molecule has 0 radical (unpaired) electrons. The van der Waals surface area contributed by atoms with Gasteiger partial charge in [-0.1, -0.05) is 47.3 Å². The second-order valence-corrected chi connectivity index (χ2v) is 5.73. The lowest BCUT2D eigenvalue weighted by Crippen LogP contribution is -2.15. The first kappa shape index (κ1) is 19.9. The average molecular weight is 396 g/mol. The Morgan fingerprint density at radius 2 is 1.97 bits per heavy atom. The summed E-state index contributed by atoms with van der Waals surface area (Å²) in [6.45, 7) is 1.41. The molecule has 1 heterocycles. The van der Waals surface area contributed by atoms with E-state index >= 15 is 0 Å². The topological polar surface area (TPSA) is 95.7 Å². The number of Topliss-reactive ketones (excluding diaryl/α,β-unsaturated/α-hetero) is 1. The number of benzene rings is 2. The van der Waals surface area contributed by atoms with Crippen LogP contribution in [0, 0.1) is 5.82 Å². The molecule has 0 atom stereocenters. The Labute approximate surface area is 165 Å². The lowest BCUT2D eigenvalue weighted by molar-refractivity contribution is 0.0512. The molecule has 1 aromatic heterocycles. The van der Waals surface area contributed by atoms with Crippen molar-refractivity contribution in [3.63, 3.8) is 0 Å². The molecule has 0 saturated carbocycles. The Balaban J connectivity index is 1.84. The van der Waals surface area contributed by atoms with Gasteiger partial charge in [-0.15, -0.1) is 5.10 Å². The van der Waals surface area contributed by atoms with Gasteiger partial charge in [0.05, 0.1) is 12.8 Å². The molecule has 2 aromatic carbocycles. The summed E-state index contributed by atoms with van der Waals surface area (Å²) in [5.74, 6) is -1.64. The van der Waals surface area contributed by atoms with Crippen LogP contribution in [0.15, 0.2) is 59.7 Å². The number of nitrogens with zero attached hydrogens (tertiary/aromatic N) is 4. The van der Waals surface area contributed by atoms with E-state index in [4.69, 9.17) is 9.47 Å². The van der Waals surface area contributed by atoms with Crippen LogP contribution in [0.3, 0.4) is 0 Å². The molecule has 0 unspecified atom stereocenters.